The monoisotopic (exact) mass is 378 g/mol. The normalized spacial score (nSPS) is 12.3. The summed E-state index contributed by atoms with van der Waals surface area (Å²) in [5, 5.41) is 7.43. The van der Waals surface area contributed by atoms with Gasteiger partial charge in [-0.15, -0.1) is 0 Å². The Kier molecular flexibility index (Phi) is 6.88. The molecule has 3 nitrogen and oxygen atoms in total. The molecule has 2 N–H and O–H groups in total. The maximum absolute atomic E-state index is 12.4. The summed E-state index contributed by atoms with van der Waals surface area (Å²) in [7, 11) is 0. The first-order valence-electron chi connectivity index (χ1n) is 8.37. The predicted octanol–water partition coefficient (Wildman–Crippen LogP) is 5.71. The maximum Gasteiger partial charge on any atom is 0.238 e. The molecule has 0 unspecified atom stereocenters. The van der Waals surface area contributed by atoms with Gasteiger partial charge in [-0.05, 0) is 48.6 Å². The molecule has 0 saturated heterocycles. The van der Waals surface area contributed by atoms with Gasteiger partial charge in [-0.3, -0.25) is 4.79 Å². The molecule has 0 bridgehead atoms. The van der Waals surface area contributed by atoms with Gasteiger partial charge < -0.3 is 10.6 Å². The first-order valence-corrected chi connectivity index (χ1v) is 9.13. The highest BCUT2D eigenvalue weighted by molar-refractivity contribution is 6.35. The third kappa shape index (κ3) is 5.21. The zero-order valence-corrected chi connectivity index (χ0v) is 16.5. The number of anilines is 1. The van der Waals surface area contributed by atoms with Crippen LogP contribution in [-0.4, -0.2) is 12.5 Å². The van der Waals surface area contributed by atoms with Gasteiger partial charge in [-0.1, -0.05) is 61.3 Å². The molecule has 0 spiro atoms. The van der Waals surface area contributed by atoms with Gasteiger partial charge in [0.15, 0.2) is 0 Å². The van der Waals surface area contributed by atoms with Crippen molar-refractivity contribution >= 4 is 34.8 Å². The van der Waals surface area contributed by atoms with Crippen molar-refractivity contribution in [1.82, 2.24) is 5.32 Å². The number of carbonyl (C=O) groups is 1. The van der Waals surface area contributed by atoms with E-state index in [0.29, 0.717) is 16.0 Å². The van der Waals surface area contributed by atoms with Gasteiger partial charge in [0, 0.05) is 21.8 Å². The number of rotatable bonds is 6. The zero-order valence-electron chi connectivity index (χ0n) is 15.0. The largest absolute Gasteiger partial charge is 0.324 e. The second-order valence-corrected chi connectivity index (χ2v) is 7.35. The molecule has 0 aliphatic rings. The van der Waals surface area contributed by atoms with Crippen molar-refractivity contribution in [3.05, 3.63) is 63.1 Å². The molecule has 0 fully saturated rings. The fourth-order valence-electron chi connectivity index (χ4n) is 2.73. The van der Waals surface area contributed by atoms with Crippen molar-refractivity contribution in [3.8, 4) is 0 Å². The molecule has 2 rings (SSSR count). The van der Waals surface area contributed by atoms with Gasteiger partial charge in [0.2, 0.25) is 5.91 Å². The molecule has 2 aromatic carbocycles. The van der Waals surface area contributed by atoms with Gasteiger partial charge in [-0.2, -0.15) is 0 Å². The van der Waals surface area contributed by atoms with Gasteiger partial charge in [0.25, 0.3) is 0 Å². The molecular weight excluding hydrogens is 355 g/mol. The zero-order chi connectivity index (χ0) is 18.6. The van der Waals surface area contributed by atoms with Crippen LogP contribution in [0.3, 0.4) is 0 Å². The van der Waals surface area contributed by atoms with Gasteiger partial charge in [-0.25, -0.2) is 0 Å². The van der Waals surface area contributed by atoms with E-state index in [1.54, 1.807) is 12.1 Å². The smallest absolute Gasteiger partial charge is 0.238 e. The van der Waals surface area contributed by atoms with Crippen LogP contribution >= 0.6 is 23.2 Å². The van der Waals surface area contributed by atoms with E-state index >= 15 is 0 Å². The summed E-state index contributed by atoms with van der Waals surface area (Å²) >= 11 is 12.1. The molecule has 1 atom stereocenters. The number of aryl methyl sites for hydroxylation is 1. The van der Waals surface area contributed by atoms with Gasteiger partial charge in [0.05, 0.1) is 6.54 Å². The number of halogens is 2. The molecule has 0 aliphatic carbocycles. The Morgan fingerprint density at radius 3 is 2.44 bits per heavy atom. The molecule has 0 radical (unpaired) electrons. The van der Waals surface area contributed by atoms with Crippen LogP contribution in [0.2, 0.25) is 10.0 Å². The van der Waals surface area contributed by atoms with Crippen LogP contribution in [0, 0.1) is 6.92 Å². The Balaban J connectivity index is 2.02. The standard InChI is InChI=1S/C20H24Cl2N2O/c1-12(2)16-7-5-6-13(3)20(16)24-19(25)11-23-14(4)17-9-8-15(21)10-18(17)22/h5-10,12,14,23H,11H2,1-4H3,(H,24,25)/t14-/m1/s1. The maximum atomic E-state index is 12.4. The third-order valence-electron chi connectivity index (χ3n) is 4.19. The van der Waals surface area contributed by atoms with Crippen molar-refractivity contribution in [1.29, 1.82) is 0 Å². The van der Waals surface area contributed by atoms with Gasteiger partial charge in [0.1, 0.15) is 0 Å². The minimum absolute atomic E-state index is 0.0584. The first-order chi connectivity index (χ1) is 11.8. The highest BCUT2D eigenvalue weighted by Gasteiger charge is 2.14. The van der Waals surface area contributed by atoms with Crippen LogP contribution in [0.4, 0.5) is 5.69 Å². The van der Waals surface area contributed by atoms with Crippen molar-refractivity contribution in [2.75, 3.05) is 11.9 Å². The van der Waals surface area contributed by atoms with E-state index in [1.165, 1.54) is 0 Å². The number of hydrogen-bond acceptors (Lipinski definition) is 2. The summed E-state index contributed by atoms with van der Waals surface area (Å²) in [5.74, 6) is 0.267. The summed E-state index contributed by atoms with van der Waals surface area (Å²) in [6.07, 6.45) is 0. The highest BCUT2D eigenvalue weighted by Crippen LogP contribution is 2.28. The Bertz CT molecular complexity index is 759. The number of amides is 1. The van der Waals surface area contributed by atoms with Crippen LogP contribution in [-0.2, 0) is 4.79 Å². The van der Waals surface area contributed by atoms with Crippen LogP contribution < -0.4 is 10.6 Å². The molecule has 0 saturated carbocycles. The van der Waals surface area contributed by atoms with E-state index in [0.717, 1.165) is 22.4 Å². The van der Waals surface area contributed by atoms with Crippen molar-refractivity contribution in [2.45, 2.75) is 39.7 Å². The molecule has 1 amide bonds. The number of hydrogen-bond donors (Lipinski definition) is 2. The fourth-order valence-corrected chi connectivity index (χ4v) is 3.31. The number of nitrogens with one attached hydrogen (secondary N) is 2. The van der Waals surface area contributed by atoms with Crippen LogP contribution in [0.5, 0.6) is 0 Å². The number of para-hydroxylation sites is 1. The highest BCUT2D eigenvalue weighted by atomic mass is 35.5. The first kappa shape index (κ1) is 19.8. The van der Waals surface area contributed by atoms with E-state index in [1.807, 2.05) is 32.0 Å². The lowest BCUT2D eigenvalue weighted by Crippen LogP contribution is -2.30. The number of carbonyl (C=O) groups excluding carboxylic acids is 1. The average molecular weight is 379 g/mol. The minimum atomic E-state index is -0.0758. The quantitative estimate of drug-likeness (QED) is 0.675. The van der Waals surface area contributed by atoms with Crippen molar-refractivity contribution in [2.24, 2.45) is 0 Å². The topological polar surface area (TPSA) is 41.1 Å². The van der Waals surface area contributed by atoms with Crippen molar-refractivity contribution in [3.63, 3.8) is 0 Å². The Labute approximate surface area is 159 Å². The lowest BCUT2D eigenvalue weighted by Gasteiger charge is -2.18. The summed E-state index contributed by atoms with van der Waals surface area (Å²) < 4.78 is 0. The van der Waals surface area contributed by atoms with Crippen LogP contribution in [0.15, 0.2) is 36.4 Å². The van der Waals surface area contributed by atoms with Crippen LogP contribution in [0.1, 0.15) is 49.4 Å². The Morgan fingerprint density at radius 1 is 1.08 bits per heavy atom. The van der Waals surface area contributed by atoms with E-state index in [9.17, 15) is 4.79 Å². The molecule has 5 heteroatoms. The lowest BCUT2D eigenvalue weighted by atomic mass is 9.98. The predicted molar refractivity (Wildman–Crippen MR) is 107 cm³/mol. The molecule has 2 aromatic rings. The lowest BCUT2D eigenvalue weighted by molar-refractivity contribution is -0.115. The van der Waals surface area contributed by atoms with Gasteiger partial charge >= 0.3 is 0 Å². The molecule has 134 valence electrons. The third-order valence-corrected chi connectivity index (χ3v) is 4.75. The van der Waals surface area contributed by atoms with Crippen LogP contribution in [0.25, 0.3) is 0 Å². The van der Waals surface area contributed by atoms with E-state index in [-0.39, 0.29) is 18.5 Å². The summed E-state index contributed by atoms with van der Waals surface area (Å²) in [6.45, 7) is 8.41. The fraction of sp³-hybridized carbons (Fsp3) is 0.350. The number of benzene rings is 2. The summed E-state index contributed by atoms with van der Waals surface area (Å²) in [6, 6.07) is 11.4. The van der Waals surface area contributed by atoms with E-state index < -0.39 is 0 Å². The average Bonchev–Trinajstić information content (AvgIpc) is 2.54. The Morgan fingerprint density at radius 2 is 1.80 bits per heavy atom. The molecule has 0 aromatic heterocycles. The Hall–Kier alpha value is -1.55. The molecule has 0 aliphatic heterocycles. The summed E-state index contributed by atoms with van der Waals surface area (Å²) in [5.41, 5.74) is 4.02. The van der Waals surface area contributed by atoms with E-state index in [4.69, 9.17) is 23.2 Å². The van der Waals surface area contributed by atoms with Crippen molar-refractivity contribution < 1.29 is 4.79 Å². The molecule has 25 heavy (non-hydrogen) atoms. The SMILES string of the molecule is Cc1cccc(C(C)C)c1NC(=O)CN[C@H](C)c1ccc(Cl)cc1Cl. The molecule has 0 heterocycles. The minimum Gasteiger partial charge on any atom is -0.324 e. The van der Waals surface area contributed by atoms with E-state index in [2.05, 4.69) is 30.5 Å². The second-order valence-electron chi connectivity index (χ2n) is 6.51. The second kappa shape index (κ2) is 8.70. The molecular formula is C20H24Cl2N2O. The summed E-state index contributed by atoms with van der Waals surface area (Å²) in [4.78, 5) is 12.4.